The molecule has 0 aliphatic heterocycles. The molecule has 1 aromatic rings. The van der Waals surface area contributed by atoms with Crippen molar-refractivity contribution in [1.82, 2.24) is 0 Å². The van der Waals surface area contributed by atoms with Crippen LogP contribution in [0.25, 0.3) is 0 Å². The van der Waals surface area contributed by atoms with Crippen LogP contribution in [0.2, 0.25) is 0 Å². The Hall–Kier alpha value is 0.390. The van der Waals surface area contributed by atoms with Crippen LogP contribution in [0, 0.1) is 0 Å². The first-order chi connectivity index (χ1) is 6.25. The van der Waals surface area contributed by atoms with E-state index < -0.39 is 0 Å². The largest absolute Gasteiger partial charge is 0.330 e. The van der Waals surface area contributed by atoms with Gasteiger partial charge in [0, 0.05) is 15.4 Å². The zero-order valence-electron chi connectivity index (χ0n) is 7.91. The fourth-order valence-electron chi connectivity index (χ4n) is 1.21. The van der Waals surface area contributed by atoms with E-state index in [1.165, 1.54) is 4.88 Å². The average Bonchev–Trinajstić information content (AvgIpc) is 2.52. The second-order valence-electron chi connectivity index (χ2n) is 3.02. The lowest BCUT2D eigenvalue weighted by Gasteiger charge is -2.09. The van der Waals surface area contributed by atoms with Gasteiger partial charge < -0.3 is 11.5 Å². The molecule has 0 unspecified atom stereocenters. The predicted octanol–water partition coefficient (Wildman–Crippen LogP) is 3.06. The SMILES string of the molecule is Cl.NCCCC[C@H](N)c1sccc1Br. The van der Waals surface area contributed by atoms with E-state index in [9.17, 15) is 0 Å². The van der Waals surface area contributed by atoms with E-state index in [1.54, 1.807) is 11.3 Å². The van der Waals surface area contributed by atoms with E-state index >= 15 is 0 Å². The summed E-state index contributed by atoms with van der Waals surface area (Å²) in [7, 11) is 0. The molecule has 0 radical (unpaired) electrons. The van der Waals surface area contributed by atoms with Crippen molar-refractivity contribution in [3.05, 3.63) is 20.8 Å². The molecule has 0 saturated carbocycles. The number of hydrogen-bond acceptors (Lipinski definition) is 3. The van der Waals surface area contributed by atoms with Gasteiger partial charge in [-0.15, -0.1) is 23.7 Å². The molecule has 0 bridgehead atoms. The molecular formula is C9H16BrClN2S. The Bertz CT molecular complexity index is 255. The highest BCUT2D eigenvalue weighted by atomic mass is 79.9. The maximum atomic E-state index is 6.02. The first-order valence-corrected chi connectivity index (χ1v) is 6.11. The van der Waals surface area contributed by atoms with Gasteiger partial charge in [-0.05, 0) is 46.8 Å². The Morgan fingerprint density at radius 3 is 2.64 bits per heavy atom. The molecule has 0 aliphatic rings. The van der Waals surface area contributed by atoms with Gasteiger partial charge >= 0.3 is 0 Å². The summed E-state index contributed by atoms with van der Waals surface area (Å²) < 4.78 is 1.14. The molecule has 0 aromatic carbocycles. The third-order valence-electron chi connectivity index (χ3n) is 1.95. The van der Waals surface area contributed by atoms with Gasteiger partial charge in [-0.25, -0.2) is 0 Å². The molecule has 2 nitrogen and oxygen atoms in total. The molecule has 82 valence electrons. The van der Waals surface area contributed by atoms with Gasteiger partial charge in [-0.3, -0.25) is 0 Å². The monoisotopic (exact) mass is 298 g/mol. The summed E-state index contributed by atoms with van der Waals surface area (Å²) in [5.41, 5.74) is 11.4. The summed E-state index contributed by atoms with van der Waals surface area (Å²) in [6.07, 6.45) is 3.20. The van der Waals surface area contributed by atoms with Crippen LogP contribution in [0.3, 0.4) is 0 Å². The first-order valence-electron chi connectivity index (χ1n) is 4.44. The standard InChI is InChI=1S/C9H15BrN2S.ClH/c10-7-4-6-13-9(7)8(12)3-1-2-5-11;/h4,6,8H,1-3,5,11-12H2;1H/t8-;/m0./s1. The highest BCUT2D eigenvalue weighted by Gasteiger charge is 2.10. The van der Waals surface area contributed by atoms with E-state index in [0.717, 1.165) is 30.3 Å². The Labute approximate surface area is 104 Å². The lowest BCUT2D eigenvalue weighted by Crippen LogP contribution is -2.09. The minimum atomic E-state index is 0. The minimum Gasteiger partial charge on any atom is -0.330 e. The van der Waals surface area contributed by atoms with Gasteiger partial charge in [-0.2, -0.15) is 0 Å². The van der Waals surface area contributed by atoms with E-state index in [4.69, 9.17) is 11.5 Å². The molecule has 5 heteroatoms. The van der Waals surface area contributed by atoms with Crippen molar-refractivity contribution >= 4 is 39.7 Å². The highest BCUT2D eigenvalue weighted by Crippen LogP contribution is 2.30. The predicted molar refractivity (Wildman–Crippen MR) is 69.1 cm³/mol. The maximum Gasteiger partial charge on any atom is 0.0401 e. The fourth-order valence-corrected chi connectivity index (χ4v) is 2.92. The van der Waals surface area contributed by atoms with E-state index in [0.29, 0.717) is 0 Å². The van der Waals surface area contributed by atoms with Crippen LogP contribution in [-0.2, 0) is 0 Å². The van der Waals surface area contributed by atoms with Crippen LogP contribution in [0.1, 0.15) is 30.2 Å². The van der Waals surface area contributed by atoms with Crippen molar-refractivity contribution in [1.29, 1.82) is 0 Å². The van der Waals surface area contributed by atoms with Gasteiger partial charge in [0.1, 0.15) is 0 Å². The number of hydrogen-bond donors (Lipinski definition) is 2. The lowest BCUT2D eigenvalue weighted by atomic mass is 10.1. The second-order valence-corrected chi connectivity index (χ2v) is 4.83. The van der Waals surface area contributed by atoms with Gasteiger partial charge in [-0.1, -0.05) is 6.42 Å². The normalized spacial score (nSPS) is 12.2. The Kier molecular flexibility index (Phi) is 7.86. The van der Waals surface area contributed by atoms with Crippen LogP contribution in [0.5, 0.6) is 0 Å². The number of unbranched alkanes of at least 4 members (excludes halogenated alkanes) is 1. The van der Waals surface area contributed by atoms with E-state index in [-0.39, 0.29) is 18.4 Å². The van der Waals surface area contributed by atoms with Gasteiger partial charge in [0.05, 0.1) is 0 Å². The zero-order chi connectivity index (χ0) is 9.68. The Morgan fingerprint density at radius 1 is 1.43 bits per heavy atom. The summed E-state index contributed by atoms with van der Waals surface area (Å²) in [5.74, 6) is 0. The Morgan fingerprint density at radius 2 is 2.14 bits per heavy atom. The minimum absolute atomic E-state index is 0. The summed E-state index contributed by atoms with van der Waals surface area (Å²) >= 11 is 5.19. The maximum absolute atomic E-state index is 6.02. The van der Waals surface area contributed by atoms with Crippen LogP contribution in [0.15, 0.2) is 15.9 Å². The second kappa shape index (κ2) is 7.65. The molecule has 1 atom stereocenters. The summed E-state index contributed by atoms with van der Waals surface area (Å²) in [6, 6.07) is 2.21. The third kappa shape index (κ3) is 4.28. The smallest absolute Gasteiger partial charge is 0.0401 e. The molecule has 0 spiro atoms. The van der Waals surface area contributed by atoms with Crippen molar-refractivity contribution in [2.75, 3.05) is 6.54 Å². The van der Waals surface area contributed by atoms with Crippen molar-refractivity contribution in [3.8, 4) is 0 Å². The lowest BCUT2D eigenvalue weighted by molar-refractivity contribution is 0.596. The van der Waals surface area contributed by atoms with Gasteiger partial charge in [0.2, 0.25) is 0 Å². The number of halogens is 2. The molecule has 0 amide bonds. The molecule has 4 N–H and O–H groups in total. The zero-order valence-corrected chi connectivity index (χ0v) is 11.1. The topological polar surface area (TPSA) is 52.0 Å². The molecule has 1 rings (SSSR count). The molecule has 1 aromatic heterocycles. The van der Waals surface area contributed by atoms with Gasteiger partial charge in [0.15, 0.2) is 0 Å². The highest BCUT2D eigenvalue weighted by molar-refractivity contribution is 9.10. The third-order valence-corrected chi connectivity index (χ3v) is 3.95. The Balaban J connectivity index is 0.00000169. The fraction of sp³-hybridized carbons (Fsp3) is 0.556. The van der Waals surface area contributed by atoms with Crippen LogP contribution in [-0.4, -0.2) is 6.54 Å². The number of thiophene rings is 1. The molecule has 0 aliphatic carbocycles. The van der Waals surface area contributed by atoms with Crippen molar-refractivity contribution in [3.63, 3.8) is 0 Å². The molecule has 0 fully saturated rings. The number of nitrogens with two attached hydrogens (primary N) is 2. The average molecular weight is 300 g/mol. The molecule has 1 heterocycles. The van der Waals surface area contributed by atoms with Crippen LogP contribution < -0.4 is 11.5 Å². The van der Waals surface area contributed by atoms with Crippen molar-refractivity contribution < 1.29 is 0 Å². The van der Waals surface area contributed by atoms with E-state index in [2.05, 4.69) is 21.3 Å². The molecule has 0 saturated heterocycles. The summed E-state index contributed by atoms with van der Waals surface area (Å²) in [4.78, 5) is 1.25. The molecular weight excluding hydrogens is 284 g/mol. The van der Waals surface area contributed by atoms with Gasteiger partial charge in [0.25, 0.3) is 0 Å². The van der Waals surface area contributed by atoms with Crippen molar-refractivity contribution in [2.45, 2.75) is 25.3 Å². The summed E-state index contributed by atoms with van der Waals surface area (Å²) in [6.45, 7) is 0.762. The van der Waals surface area contributed by atoms with E-state index in [1.807, 2.05) is 6.07 Å². The van der Waals surface area contributed by atoms with Crippen LogP contribution in [0.4, 0.5) is 0 Å². The van der Waals surface area contributed by atoms with Crippen molar-refractivity contribution in [2.24, 2.45) is 11.5 Å². The van der Waals surface area contributed by atoms with Crippen LogP contribution >= 0.6 is 39.7 Å². The quantitative estimate of drug-likeness (QED) is 0.821. The summed E-state index contributed by atoms with van der Waals surface area (Å²) in [5, 5.41) is 2.06. The number of rotatable bonds is 5. The molecule has 14 heavy (non-hydrogen) atoms. The first kappa shape index (κ1) is 14.4.